The molecule has 0 N–H and O–H groups in total. The molecule has 1 saturated carbocycles. The number of hydrogen-bond donors (Lipinski definition) is 0. The molecule has 0 saturated heterocycles. The maximum Gasteiger partial charge on any atom is 0.171 e. The second-order valence-corrected chi connectivity index (χ2v) is 5.04. The standard InChI is InChI=1S/C13H13BrFNO/c1-9(17-2)12-11(14)7-10(8-16-12)3-4-13(15)5-6-13/h7-9H,5-6H2,1-2H3/t9-/m0/s1. The normalized spacial score (nSPS) is 18.1. The molecule has 1 aromatic heterocycles. The van der Waals surface area contributed by atoms with E-state index in [4.69, 9.17) is 4.74 Å². The Morgan fingerprint density at radius 2 is 2.29 bits per heavy atom. The molecule has 1 aliphatic carbocycles. The molecule has 0 bridgehead atoms. The highest BCUT2D eigenvalue weighted by molar-refractivity contribution is 9.10. The van der Waals surface area contributed by atoms with E-state index in [1.807, 2.05) is 13.0 Å². The Morgan fingerprint density at radius 1 is 1.59 bits per heavy atom. The van der Waals surface area contributed by atoms with Crippen LogP contribution >= 0.6 is 15.9 Å². The van der Waals surface area contributed by atoms with Crippen LogP contribution in [0.5, 0.6) is 0 Å². The average molecular weight is 298 g/mol. The summed E-state index contributed by atoms with van der Waals surface area (Å²) in [6.45, 7) is 1.92. The topological polar surface area (TPSA) is 22.1 Å². The third-order valence-electron chi connectivity index (χ3n) is 2.73. The molecule has 2 nitrogen and oxygen atoms in total. The van der Waals surface area contributed by atoms with Crippen molar-refractivity contribution in [1.82, 2.24) is 4.98 Å². The fourth-order valence-corrected chi connectivity index (χ4v) is 2.02. The fourth-order valence-electron chi connectivity index (χ4n) is 1.35. The van der Waals surface area contributed by atoms with Crippen molar-refractivity contribution < 1.29 is 9.13 Å². The molecule has 17 heavy (non-hydrogen) atoms. The molecule has 0 spiro atoms. The molecule has 0 amide bonds. The number of pyridine rings is 1. The van der Waals surface area contributed by atoms with E-state index in [1.54, 1.807) is 13.3 Å². The lowest BCUT2D eigenvalue weighted by Gasteiger charge is -2.10. The van der Waals surface area contributed by atoms with Gasteiger partial charge in [-0.25, -0.2) is 4.39 Å². The summed E-state index contributed by atoms with van der Waals surface area (Å²) < 4.78 is 19.4. The van der Waals surface area contributed by atoms with Gasteiger partial charge < -0.3 is 4.74 Å². The smallest absolute Gasteiger partial charge is 0.171 e. The summed E-state index contributed by atoms with van der Waals surface area (Å²) in [5, 5.41) is 0. The molecule has 90 valence electrons. The monoisotopic (exact) mass is 297 g/mol. The van der Waals surface area contributed by atoms with Crippen molar-refractivity contribution in [2.75, 3.05) is 7.11 Å². The van der Waals surface area contributed by atoms with E-state index in [1.165, 1.54) is 0 Å². The summed E-state index contributed by atoms with van der Waals surface area (Å²) in [7, 11) is 1.63. The highest BCUT2D eigenvalue weighted by Crippen LogP contribution is 2.38. The predicted octanol–water partition coefficient (Wildman–Crippen LogP) is 3.41. The Kier molecular flexibility index (Phi) is 3.50. The Labute approximate surface area is 109 Å². The molecule has 4 heteroatoms. The molecule has 2 rings (SSSR count). The van der Waals surface area contributed by atoms with Gasteiger partial charge in [0.1, 0.15) is 0 Å². The molecule has 0 aliphatic heterocycles. The lowest BCUT2D eigenvalue weighted by atomic mass is 10.2. The summed E-state index contributed by atoms with van der Waals surface area (Å²) in [4.78, 5) is 4.27. The molecule has 1 fully saturated rings. The zero-order valence-corrected chi connectivity index (χ0v) is 11.3. The van der Waals surface area contributed by atoms with Crippen LogP contribution in [0, 0.1) is 11.8 Å². The SMILES string of the molecule is CO[C@@H](C)c1ncc(C#CC2(F)CC2)cc1Br. The number of alkyl halides is 1. The number of ether oxygens (including phenoxy) is 1. The number of aromatic nitrogens is 1. The van der Waals surface area contributed by atoms with Gasteiger partial charge >= 0.3 is 0 Å². The Morgan fingerprint density at radius 3 is 2.82 bits per heavy atom. The molecule has 0 aromatic carbocycles. The minimum Gasteiger partial charge on any atom is -0.375 e. The molecule has 1 heterocycles. The van der Waals surface area contributed by atoms with Crippen LogP contribution in [-0.2, 0) is 4.74 Å². The van der Waals surface area contributed by atoms with Crippen LogP contribution in [0.1, 0.15) is 37.1 Å². The first-order chi connectivity index (χ1) is 8.04. The summed E-state index contributed by atoms with van der Waals surface area (Å²) >= 11 is 3.42. The van der Waals surface area contributed by atoms with E-state index in [9.17, 15) is 4.39 Å². The second-order valence-electron chi connectivity index (χ2n) is 4.18. The van der Waals surface area contributed by atoms with Gasteiger partial charge in [0.05, 0.1) is 11.8 Å². The first-order valence-electron chi connectivity index (χ1n) is 5.44. The number of halogens is 2. The van der Waals surface area contributed by atoms with Gasteiger partial charge in [0.25, 0.3) is 0 Å². The van der Waals surface area contributed by atoms with E-state index in [-0.39, 0.29) is 6.10 Å². The van der Waals surface area contributed by atoms with Crippen LogP contribution in [0.3, 0.4) is 0 Å². The van der Waals surface area contributed by atoms with Crippen LogP contribution in [0.4, 0.5) is 4.39 Å². The average Bonchev–Trinajstić information content (AvgIpc) is 3.05. The van der Waals surface area contributed by atoms with Gasteiger partial charge in [-0.2, -0.15) is 0 Å². The molecular formula is C13H13BrFNO. The highest BCUT2D eigenvalue weighted by Gasteiger charge is 2.41. The Bertz CT molecular complexity index is 488. The number of methoxy groups -OCH3 is 1. The van der Waals surface area contributed by atoms with E-state index in [2.05, 4.69) is 32.8 Å². The highest BCUT2D eigenvalue weighted by atomic mass is 79.9. The van der Waals surface area contributed by atoms with E-state index >= 15 is 0 Å². The van der Waals surface area contributed by atoms with Gasteiger partial charge in [-0.05, 0) is 41.8 Å². The van der Waals surface area contributed by atoms with Crippen molar-refractivity contribution in [2.45, 2.75) is 31.5 Å². The minimum atomic E-state index is -1.25. The Hall–Kier alpha value is -0.920. The number of hydrogen-bond acceptors (Lipinski definition) is 2. The van der Waals surface area contributed by atoms with Crippen molar-refractivity contribution in [3.8, 4) is 11.8 Å². The number of nitrogens with zero attached hydrogens (tertiary/aromatic N) is 1. The summed E-state index contributed by atoms with van der Waals surface area (Å²) in [6, 6.07) is 1.84. The van der Waals surface area contributed by atoms with E-state index in [0.717, 1.165) is 10.2 Å². The van der Waals surface area contributed by atoms with Crippen molar-refractivity contribution >= 4 is 15.9 Å². The second kappa shape index (κ2) is 4.75. The molecule has 1 atom stereocenters. The van der Waals surface area contributed by atoms with Gasteiger partial charge in [0.15, 0.2) is 5.67 Å². The maximum atomic E-state index is 13.3. The van der Waals surface area contributed by atoms with Gasteiger partial charge in [-0.15, -0.1) is 0 Å². The van der Waals surface area contributed by atoms with Crippen LogP contribution in [0.15, 0.2) is 16.7 Å². The molecular weight excluding hydrogens is 285 g/mol. The predicted molar refractivity (Wildman–Crippen MR) is 67.3 cm³/mol. The van der Waals surface area contributed by atoms with Gasteiger partial charge in [0, 0.05) is 23.3 Å². The number of rotatable bonds is 2. The van der Waals surface area contributed by atoms with Crippen molar-refractivity contribution in [2.24, 2.45) is 0 Å². The quantitative estimate of drug-likeness (QED) is 0.781. The lowest BCUT2D eigenvalue weighted by molar-refractivity contribution is 0.115. The first-order valence-corrected chi connectivity index (χ1v) is 6.24. The minimum absolute atomic E-state index is 0.0812. The lowest BCUT2D eigenvalue weighted by Crippen LogP contribution is -2.01. The molecule has 1 aliphatic rings. The van der Waals surface area contributed by atoms with Crippen LogP contribution in [0.25, 0.3) is 0 Å². The molecule has 0 unspecified atom stereocenters. The molecule has 0 radical (unpaired) electrons. The van der Waals surface area contributed by atoms with Gasteiger partial charge in [-0.1, -0.05) is 11.8 Å². The van der Waals surface area contributed by atoms with Crippen molar-refractivity contribution in [3.05, 3.63) is 28.0 Å². The van der Waals surface area contributed by atoms with E-state index < -0.39 is 5.67 Å². The first kappa shape index (κ1) is 12.5. The third kappa shape index (κ3) is 3.05. The van der Waals surface area contributed by atoms with Crippen molar-refractivity contribution in [1.29, 1.82) is 0 Å². The van der Waals surface area contributed by atoms with Crippen molar-refractivity contribution in [3.63, 3.8) is 0 Å². The fraction of sp³-hybridized carbons (Fsp3) is 0.462. The van der Waals surface area contributed by atoms with E-state index in [0.29, 0.717) is 18.4 Å². The zero-order chi connectivity index (χ0) is 12.5. The summed E-state index contributed by atoms with van der Waals surface area (Å²) in [5.41, 5.74) is 0.289. The van der Waals surface area contributed by atoms with Crippen LogP contribution in [-0.4, -0.2) is 17.8 Å². The largest absolute Gasteiger partial charge is 0.375 e. The Balaban J connectivity index is 2.21. The zero-order valence-electron chi connectivity index (χ0n) is 9.76. The maximum absolute atomic E-state index is 13.3. The summed E-state index contributed by atoms with van der Waals surface area (Å²) in [5.74, 6) is 5.44. The van der Waals surface area contributed by atoms with Gasteiger partial charge in [-0.3, -0.25) is 4.98 Å². The third-order valence-corrected chi connectivity index (χ3v) is 3.36. The van der Waals surface area contributed by atoms with Gasteiger partial charge in [0.2, 0.25) is 0 Å². The van der Waals surface area contributed by atoms with Crippen LogP contribution < -0.4 is 0 Å². The van der Waals surface area contributed by atoms with Crippen LogP contribution in [0.2, 0.25) is 0 Å². The summed E-state index contributed by atoms with van der Waals surface area (Å²) in [6.07, 6.45) is 2.66. The molecule has 1 aromatic rings.